The van der Waals surface area contributed by atoms with Gasteiger partial charge in [0, 0.05) is 12.6 Å². The van der Waals surface area contributed by atoms with Gasteiger partial charge in [0.25, 0.3) is 0 Å². The van der Waals surface area contributed by atoms with E-state index in [9.17, 15) is 9.59 Å². The molecule has 1 aliphatic rings. The third-order valence-electron chi connectivity index (χ3n) is 3.94. The van der Waals surface area contributed by atoms with Crippen LogP contribution in [0.15, 0.2) is 30.3 Å². The molecule has 0 aliphatic carbocycles. The SMILES string of the molecule is NCC(=O)C([C@@H]1CCCN1)N(CC=O)Cc1ccccc1. The molecule has 0 saturated carbocycles. The number of carbonyl (C=O) groups excluding carboxylic acids is 2. The van der Waals surface area contributed by atoms with Crippen molar-refractivity contribution in [2.24, 2.45) is 5.73 Å². The van der Waals surface area contributed by atoms with Crippen LogP contribution in [0.3, 0.4) is 0 Å². The van der Waals surface area contributed by atoms with Crippen LogP contribution in [0, 0.1) is 0 Å². The van der Waals surface area contributed by atoms with E-state index in [0.717, 1.165) is 31.2 Å². The molecular formula is C16H23N3O2. The second-order valence-electron chi connectivity index (χ2n) is 5.40. The molecule has 1 aromatic rings. The number of nitrogens with one attached hydrogen (secondary N) is 1. The van der Waals surface area contributed by atoms with Gasteiger partial charge in [0.2, 0.25) is 0 Å². The normalized spacial score (nSPS) is 19.6. The van der Waals surface area contributed by atoms with E-state index in [-0.39, 0.29) is 31.0 Å². The quantitative estimate of drug-likeness (QED) is 0.675. The molecule has 1 heterocycles. The number of aldehydes is 1. The van der Waals surface area contributed by atoms with Crippen LogP contribution in [-0.4, -0.2) is 48.7 Å². The van der Waals surface area contributed by atoms with Gasteiger partial charge in [0.1, 0.15) is 6.29 Å². The number of hydrogen-bond donors (Lipinski definition) is 2. The fraction of sp³-hybridized carbons (Fsp3) is 0.500. The molecular weight excluding hydrogens is 266 g/mol. The first-order chi connectivity index (χ1) is 10.3. The third kappa shape index (κ3) is 4.20. The van der Waals surface area contributed by atoms with Crippen molar-refractivity contribution in [3.8, 4) is 0 Å². The zero-order valence-corrected chi connectivity index (χ0v) is 12.2. The number of carbonyl (C=O) groups is 2. The highest BCUT2D eigenvalue weighted by atomic mass is 16.1. The molecule has 1 aliphatic heterocycles. The van der Waals surface area contributed by atoms with Crippen LogP contribution < -0.4 is 11.1 Å². The van der Waals surface area contributed by atoms with Gasteiger partial charge in [0.05, 0.1) is 19.1 Å². The Morgan fingerprint density at radius 1 is 1.43 bits per heavy atom. The average Bonchev–Trinajstić information content (AvgIpc) is 3.02. The van der Waals surface area contributed by atoms with Gasteiger partial charge in [-0.1, -0.05) is 30.3 Å². The van der Waals surface area contributed by atoms with Crippen molar-refractivity contribution < 1.29 is 9.59 Å². The van der Waals surface area contributed by atoms with E-state index in [1.807, 2.05) is 35.2 Å². The molecule has 21 heavy (non-hydrogen) atoms. The summed E-state index contributed by atoms with van der Waals surface area (Å²) >= 11 is 0. The average molecular weight is 289 g/mol. The highest BCUT2D eigenvalue weighted by molar-refractivity contribution is 5.86. The van der Waals surface area contributed by atoms with Crippen molar-refractivity contribution in [1.82, 2.24) is 10.2 Å². The maximum Gasteiger partial charge on any atom is 0.165 e. The lowest BCUT2D eigenvalue weighted by Crippen LogP contribution is -2.54. The summed E-state index contributed by atoms with van der Waals surface area (Å²) in [6.45, 7) is 1.74. The monoisotopic (exact) mass is 289 g/mol. The molecule has 0 aromatic heterocycles. The summed E-state index contributed by atoms with van der Waals surface area (Å²) in [6.07, 6.45) is 2.86. The molecule has 0 bridgehead atoms. The van der Waals surface area contributed by atoms with Crippen LogP contribution in [0.1, 0.15) is 18.4 Å². The van der Waals surface area contributed by atoms with Crippen LogP contribution >= 0.6 is 0 Å². The minimum atomic E-state index is -0.331. The van der Waals surface area contributed by atoms with E-state index in [1.165, 1.54) is 0 Å². The van der Waals surface area contributed by atoms with Gasteiger partial charge < -0.3 is 15.8 Å². The van der Waals surface area contributed by atoms with Crippen molar-refractivity contribution in [1.29, 1.82) is 0 Å². The minimum absolute atomic E-state index is 0.00694. The Hall–Kier alpha value is -1.56. The molecule has 2 rings (SSSR count). The summed E-state index contributed by atoms with van der Waals surface area (Å²) in [4.78, 5) is 25.2. The van der Waals surface area contributed by atoms with Crippen LogP contribution in [0.4, 0.5) is 0 Å². The fourth-order valence-corrected chi connectivity index (χ4v) is 2.97. The highest BCUT2D eigenvalue weighted by Gasteiger charge is 2.34. The molecule has 114 valence electrons. The van der Waals surface area contributed by atoms with Gasteiger partial charge in [0.15, 0.2) is 5.78 Å². The molecule has 1 aromatic carbocycles. The number of nitrogens with two attached hydrogens (primary N) is 1. The van der Waals surface area contributed by atoms with Crippen LogP contribution in [-0.2, 0) is 16.1 Å². The maximum atomic E-state index is 12.3. The van der Waals surface area contributed by atoms with E-state index in [0.29, 0.717) is 6.54 Å². The summed E-state index contributed by atoms with van der Waals surface area (Å²) in [5, 5.41) is 3.36. The van der Waals surface area contributed by atoms with Gasteiger partial charge in [-0.3, -0.25) is 9.69 Å². The number of Topliss-reactive ketones (excluding diaryl/α,β-unsaturated/α-hetero) is 1. The first-order valence-electron chi connectivity index (χ1n) is 7.44. The number of nitrogens with zero attached hydrogens (tertiary/aromatic N) is 1. The zero-order valence-electron chi connectivity index (χ0n) is 12.2. The molecule has 1 fully saturated rings. The Morgan fingerprint density at radius 2 is 2.19 bits per heavy atom. The highest BCUT2D eigenvalue weighted by Crippen LogP contribution is 2.17. The summed E-state index contributed by atoms with van der Waals surface area (Å²) in [5.74, 6) is -0.00724. The van der Waals surface area contributed by atoms with Crippen LogP contribution in [0.2, 0.25) is 0 Å². The van der Waals surface area contributed by atoms with E-state index in [4.69, 9.17) is 5.73 Å². The van der Waals surface area contributed by atoms with Crippen molar-refractivity contribution in [2.75, 3.05) is 19.6 Å². The summed E-state index contributed by atoms with van der Waals surface area (Å²) in [6, 6.07) is 9.64. The van der Waals surface area contributed by atoms with Crippen molar-refractivity contribution >= 4 is 12.1 Å². The molecule has 5 nitrogen and oxygen atoms in total. The molecule has 3 N–H and O–H groups in total. The summed E-state index contributed by atoms with van der Waals surface area (Å²) < 4.78 is 0. The van der Waals surface area contributed by atoms with Gasteiger partial charge in [-0.2, -0.15) is 0 Å². The minimum Gasteiger partial charge on any atom is -0.324 e. The number of ketones is 1. The molecule has 1 unspecified atom stereocenters. The van der Waals surface area contributed by atoms with E-state index >= 15 is 0 Å². The lowest BCUT2D eigenvalue weighted by molar-refractivity contribution is -0.124. The lowest BCUT2D eigenvalue weighted by Gasteiger charge is -2.33. The van der Waals surface area contributed by atoms with E-state index in [2.05, 4.69) is 5.32 Å². The number of rotatable bonds is 8. The van der Waals surface area contributed by atoms with Gasteiger partial charge in [-0.15, -0.1) is 0 Å². The number of hydrogen-bond acceptors (Lipinski definition) is 5. The van der Waals surface area contributed by atoms with E-state index < -0.39 is 0 Å². The Kier molecular flexibility index (Phi) is 6.04. The largest absolute Gasteiger partial charge is 0.324 e. The maximum absolute atomic E-state index is 12.3. The Morgan fingerprint density at radius 3 is 2.76 bits per heavy atom. The Labute approximate surface area is 125 Å². The summed E-state index contributed by atoms with van der Waals surface area (Å²) in [5.41, 5.74) is 6.67. The molecule has 0 amide bonds. The summed E-state index contributed by atoms with van der Waals surface area (Å²) in [7, 11) is 0. The van der Waals surface area contributed by atoms with Gasteiger partial charge in [-0.25, -0.2) is 0 Å². The fourth-order valence-electron chi connectivity index (χ4n) is 2.97. The van der Waals surface area contributed by atoms with Crippen molar-refractivity contribution in [2.45, 2.75) is 31.5 Å². The van der Waals surface area contributed by atoms with Gasteiger partial charge in [-0.05, 0) is 24.9 Å². The zero-order chi connectivity index (χ0) is 15.1. The van der Waals surface area contributed by atoms with Crippen LogP contribution in [0.25, 0.3) is 0 Å². The Bertz CT molecular complexity index is 458. The topological polar surface area (TPSA) is 75.4 Å². The van der Waals surface area contributed by atoms with E-state index in [1.54, 1.807) is 0 Å². The van der Waals surface area contributed by atoms with Crippen molar-refractivity contribution in [3.63, 3.8) is 0 Å². The molecule has 0 radical (unpaired) electrons. The first-order valence-corrected chi connectivity index (χ1v) is 7.44. The van der Waals surface area contributed by atoms with Crippen LogP contribution in [0.5, 0.6) is 0 Å². The molecule has 2 atom stereocenters. The van der Waals surface area contributed by atoms with Crippen molar-refractivity contribution in [3.05, 3.63) is 35.9 Å². The van der Waals surface area contributed by atoms with Gasteiger partial charge >= 0.3 is 0 Å². The second kappa shape index (κ2) is 8.02. The predicted octanol–water partition coefficient (Wildman–Crippen LogP) is 0.336. The smallest absolute Gasteiger partial charge is 0.165 e. The number of benzene rings is 1. The molecule has 0 spiro atoms. The predicted molar refractivity (Wildman–Crippen MR) is 81.8 cm³/mol. The Balaban J connectivity index is 2.18. The third-order valence-corrected chi connectivity index (χ3v) is 3.94. The molecule has 1 saturated heterocycles. The first kappa shape index (κ1) is 15.8. The standard InChI is InChI=1S/C16H23N3O2/c17-11-15(21)16(14-7-4-8-18-14)19(9-10-20)12-13-5-2-1-3-6-13/h1-3,5-6,10,14,16,18H,4,7-9,11-12,17H2/t14-,16?/m0/s1. The second-order valence-corrected chi connectivity index (χ2v) is 5.40. The lowest BCUT2D eigenvalue weighted by atomic mass is 9.99. The molecule has 5 heteroatoms.